The van der Waals surface area contributed by atoms with E-state index >= 15 is 0 Å². The third-order valence-electron chi connectivity index (χ3n) is 3.15. The highest BCUT2D eigenvalue weighted by Gasteiger charge is 2.37. The van der Waals surface area contributed by atoms with Crippen LogP contribution < -0.4 is 5.32 Å². The molecule has 1 aliphatic carbocycles. The predicted octanol–water partition coefficient (Wildman–Crippen LogP) is 2.73. The van der Waals surface area contributed by atoms with Crippen LogP contribution in [0.1, 0.15) is 37.3 Å². The van der Waals surface area contributed by atoms with Crippen LogP contribution in [0.4, 0.5) is 0 Å². The smallest absolute Gasteiger partial charge is 0.0798 e. The molecule has 0 aromatic carbocycles. The van der Waals surface area contributed by atoms with Crippen LogP contribution >= 0.6 is 11.3 Å². The van der Waals surface area contributed by atoms with Crippen LogP contribution in [0.5, 0.6) is 0 Å². The van der Waals surface area contributed by atoms with Crippen molar-refractivity contribution in [1.82, 2.24) is 10.3 Å². The zero-order valence-electron chi connectivity index (χ0n) is 9.13. The standard InChI is InChI=1S/C11H18N2S/c1-8-10(14-7-12-8)6-13-11(2,3)9-4-5-9/h7,9,13H,4-6H2,1-3H3. The average Bonchev–Trinajstić information content (AvgIpc) is 2.89. The van der Waals surface area contributed by atoms with Gasteiger partial charge in [0, 0.05) is 17.0 Å². The molecule has 1 aromatic rings. The highest BCUT2D eigenvalue weighted by molar-refractivity contribution is 7.09. The molecule has 3 heteroatoms. The van der Waals surface area contributed by atoms with Crippen molar-refractivity contribution in [2.45, 2.75) is 45.7 Å². The highest BCUT2D eigenvalue weighted by Crippen LogP contribution is 2.39. The molecule has 0 bridgehead atoms. The number of nitrogens with one attached hydrogen (secondary N) is 1. The van der Waals surface area contributed by atoms with Crippen LogP contribution in [-0.2, 0) is 6.54 Å². The minimum atomic E-state index is 0.302. The van der Waals surface area contributed by atoms with E-state index in [0.717, 1.165) is 12.5 Å². The van der Waals surface area contributed by atoms with E-state index in [1.54, 1.807) is 11.3 Å². The molecule has 1 heterocycles. The first-order valence-electron chi connectivity index (χ1n) is 5.23. The summed E-state index contributed by atoms with van der Waals surface area (Å²) in [5.41, 5.74) is 3.40. The lowest BCUT2D eigenvalue weighted by Crippen LogP contribution is -2.40. The molecule has 0 spiro atoms. The molecule has 2 nitrogen and oxygen atoms in total. The van der Waals surface area contributed by atoms with Crippen molar-refractivity contribution >= 4 is 11.3 Å². The fraction of sp³-hybridized carbons (Fsp3) is 0.727. The SMILES string of the molecule is Cc1ncsc1CNC(C)(C)C1CC1. The minimum absolute atomic E-state index is 0.302. The summed E-state index contributed by atoms with van der Waals surface area (Å²) in [5, 5.41) is 3.63. The molecule has 0 amide bonds. The van der Waals surface area contributed by atoms with Gasteiger partial charge in [0.25, 0.3) is 0 Å². The maximum atomic E-state index is 4.26. The van der Waals surface area contributed by atoms with Crippen LogP contribution in [0.15, 0.2) is 5.51 Å². The fourth-order valence-corrected chi connectivity index (χ4v) is 2.47. The monoisotopic (exact) mass is 210 g/mol. The van der Waals surface area contributed by atoms with Crippen LogP contribution in [0.25, 0.3) is 0 Å². The van der Waals surface area contributed by atoms with Gasteiger partial charge >= 0.3 is 0 Å². The molecular weight excluding hydrogens is 192 g/mol. The first-order chi connectivity index (χ1) is 6.59. The van der Waals surface area contributed by atoms with Crippen molar-refractivity contribution in [3.63, 3.8) is 0 Å². The molecule has 1 aliphatic rings. The van der Waals surface area contributed by atoms with E-state index in [9.17, 15) is 0 Å². The van der Waals surface area contributed by atoms with Gasteiger partial charge in [0.2, 0.25) is 0 Å². The van der Waals surface area contributed by atoms with Gasteiger partial charge in [-0.25, -0.2) is 4.98 Å². The number of hydrogen-bond acceptors (Lipinski definition) is 3. The van der Waals surface area contributed by atoms with Crippen molar-refractivity contribution in [3.05, 3.63) is 16.1 Å². The summed E-state index contributed by atoms with van der Waals surface area (Å²) < 4.78 is 0. The molecule has 78 valence electrons. The summed E-state index contributed by atoms with van der Waals surface area (Å²) in [4.78, 5) is 5.63. The second-order valence-corrected chi connectivity index (χ2v) is 5.65. The van der Waals surface area contributed by atoms with Crippen LogP contribution in [0.2, 0.25) is 0 Å². The average molecular weight is 210 g/mol. The largest absolute Gasteiger partial charge is 0.307 e. The van der Waals surface area contributed by atoms with E-state index in [4.69, 9.17) is 0 Å². The Balaban J connectivity index is 1.90. The second kappa shape index (κ2) is 3.63. The summed E-state index contributed by atoms with van der Waals surface area (Å²) in [6.45, 7) is 7.67. The van der Waals surface area contributed by atoms with Gasteiger partial charge in [-0.3, -0.25) is 0 Å². The molecule has 14 heavy (non-hydrogen) atoms. The van der Waals surface area contributed by atoms with Crippen molar-refractivity contribution in [3.8, 4) is 0 Å². The molecule has 0 radical (unpaired) electrons. The Morgan fingerprint density at radius 2 is 2.29 bits per heavy atom. The second-order valence-electron chi connectivity index (χ2n) is 4.71. The van der Waals surface area contributed by atoms with E-state index in [-0.39, 0.29) is 0 Å². The number of nitrogens with zero attached hydrogens (tertiary/aromatic N) is 1. The molecule has 0 unspecified atom stereocenters. The molecule has 1 fully saturated rings. The summed E-state index contributed by atoms with van der Waals surface area (Å²) in [6, 6.07) is 0. The lowest BCUT2D eigenvalue weighted by Gasteiger charge is -2.26. The molecule has 1 aromatic heterocycles. The lowest BCUT2D eigenvalue weighted by molar-refractivity contribution is 0.340. The van der Waals surface area contributed by atoms with Crippen LogP contribution in [0.3, 0.4) is 0 Å². The zero-order valence-corrected chi connectivity index (χ0v) is 9.95. The topological polar surface area (TPSA) is 24.9 Å². The van der Waals surface area contributed by atoms with Crippen molar-refractivity contribution in [1.29, 1.82) is 0 Å². The van der Waals surface area contributed by atoms with Gasteiger partial charge in [-0.15, -0.1) is 11.3 Å². The maximum Gasteiger partial charge on any atom is 0.0798 e. The Morgan fingerprint density at radius 3 is 2.79 bits per heavy atom. The third-order valence-corrected chi connectivity index (χ3v) is 4.08. The Kier molecular flexibility index (Phi) is 2.62. The normalized spacial score (nSPS) is 17.4. The number of aromatic nitrogens is 1. The molecule has 0 atom stereocenters. The third kappa shape index (κ3) is 2.15. The molecule has 0 saturated heterocycles. The van der Waals surface area contributed by atoms with Crippen molar-refractivity contribution in [2.24, 2.45) is 5.92 Å². The fourth-order valence-electron chi connectivity index (χ4n) is 1.75. The van der Waals surface area contributed by atoms with Gasteiger partial charge in [-0.2, -0.15) is 0 Å². The van der Waals surface area contributed by atoms with E-state index in [0.29, 0.717) is 5.54 Å². The van der Waals surface area contributed by atoms with Gasteiger partial charge in [0.15, 0.2) is 0 Å². The van der Waals surface area contributed by atoms with E-state index < -0.39 is 0 Å². The minimum Gasteiger partial charge on any atom is -0.307 e. The number of thiazole rings is 1. The van der Waals surface area contributed by atoms with E-state index in [1.807, 2.05) is 5.51 Å². The predicted molar refractivity (Wildman–Crippen MR) is 60.5 cm³/mol. The Morgan fingerprint density at radius 1 is 1.57 bits per heavy atom. The zero-order chi connectivity index (χ0) is 10.2. The van der Waals surface area contributed by atoms with Crippen LogP contribution in [0, 0.1) is 12.8 Å². The van der Waals surface area contributed by atoms with Crippen molar-refractivity contribution in [2.75, 3.05) is 0 Å². The van der Waals surface area contributed by atoms with Gasteiger partial charge < -0.3 is 5.32 Å². The first-order valence-corrected chi connectivity index (χ1v) is 6.11. The molecule has 0 aliphatic heterocycles. The van der Waals surface area contributed by atoms with E-state index in [1.165, 1.54) is 23.4 Å². The van der Waals surface area contributed by atoms with Gasteiger partial charge in [-0.05, 0) is 39.5 Å². The van der Waals surface area contributed by atoms with Gasteiger partial charge in [-0.1, -0.05) is 0 Å². The number of hydrogen-bond donors (Lipinski definition) is 1. The lowest BCUT2D eigenvalue weighted by atomic mass is 9.99. The Hall–Kier alpha value is -0.410. The van der Waals surface area contributed by atoms with E-state index in [2.05, 4.69) is 31.1 Å². The molecule has 1 saturated carbocycles. The van der Waals surface area contributed by atoms with Crippen molar-refractivity contribution < 1.29 is 0 Å². The number of aryl methyl sites for hydroxylation is 1. The number of rotatable bonds is 4. The van der Waals surface area contributed by atoms with Crippen LogP contribution in [-0.4, -0.2) is 10.5 Å². The quantitative estimate of drug-likeness (QED) is 0.826. The molecule has 1 N–H and O–H groups in total. The highest BCUT2D eigenvalue weighted by atomic mass is 32.1. The first kappa shape index (κ1) is 10.1. The van der Waals surface area contributed by atoms with Gasteiger partial charge in [0.1, 0.15) is 0 Å². The maximum absolute atomic E-state index is 4.26. The Bertz CT molecular complexity index is 313. The summed E-state index contributed by atoms with van der Waals surface area (Å²) in [7, 11) is 0. The molecule has 2 rings (SSSR count). The summed E-state index contributed by atoms with van der Waals surface area (Å²) >= 11 is 1.75. The summed E-state index contributed by atoms with van der Waals surface area (Å²) in [5.74, 6) is 0.885. The Labute approximate surface area is 89.8 Å². The van der Waals surface area contributed by atoms with Gasteiger partial charge in [0.05, 0.1) is 11.2 Å². The summed E-state index contributed by atoms with van der Waals surface area (Å²) in [6.07, 6.45) is 2.78. The molecular formula is C11H18N2S.